The van der Waals surface area contributed by atoms with Gasteiger partial charge in [-0.25, -0.2) is 0 Å². The molecule has 1 radical (unpaired) electrons. The Labute approximate surface area is 80.7 Å². The van der Waals surface area contributed by atoms with Crippen LogP contribution in [-0.2, 0) is 11.2 Å². The Balaban J connectivity index is 2.32. The van der Waals surface area contributed by atoms with E-state index in [0.29, 0.717) is 0 Å². The van der Waals surface area contributed by atoms with Gasteiger partial charge in [-0.3, -0.25) is 0 Å². The van der Waals surface area contributed by atoms with E-state index in [2.05, 4.69) is 26.0 Å². The molecule has 1 aromatic rings. The van der Waals surface area contributed by atoms with Crippen LogP contribution in [0.25, 0.3) is 0 Å². The molecule has 1 aromatic carbocycles. The SMILES string of the molecule is [CH2]C(Cc1ccccc1)OCCC. The maximum atomic E-state index is 5.48. The third-order valence-electron chi connectivity index (χ3n) is 1.86. The van der Waals surface area contributed by atoms with E-state index in [1.165, 1.54) is 5.56 Å². The van der Waals surface area contributed by atoms with E-state index in [1.54, 1.807) is 0 Å². The van der Waals surface area contributed by atoms with E-state index in [0.717, 1.165) is 19.4 Å². The maximum Gasteiger partial charge on any atom is 0.0616 e. The van der Waals surface area contributed by atoms with Crippen LogP contribution in [0.3, 0.4) is 0 Å². The van der Waals surface area contributed by atoms with Gasteiger partial charge in [0.2, 0.25) is 0 Å². The lowest BCUT2D eigenvalue weighted by molar-refractivity contribution is 0.0841. The predicted molar refractivity (Wildman–Crippen MR) is 55.5 cm³/mol. The first-order valence-electron chi connectivity index (χ1n) is 4.81. The lowest BCUT2D eigenvalue weighted by Gasteiger charge is -2.11. The molecule has 0 saturated carbocycles. The normalized spacial score (nSPS) is 12.8. The third kappa shape index (κ3) is 4.09. The highest BCUT2D eigenvalue weighted by atomic mass is 16.5. The van der Waals surface area contributed by atoms with E-state index < -0.39 is 0 Å². The van der Waals surface area contributed by atoms with Crippen LogP contribution in [-0.4, -0.2) is 12.7 Å². The molecule has 0 bridgehead atoms. The van der Waals surface area contributed by atoms with Gasteiger partial charge in [0.15, 0.2) is 0 Å². The van der Waals surface area contributed by atoms with E-state index in [4.69, 9.17) is 4.74 Å². The quantitative estimate of drug-likeness (QED) is 0.672. The smallest absolute Gasteiger partial charge is 0.0616 e. The molecule has 1 nitrogen and oxygen atoms in total. The molecule has 0 N–H and O–H groups in total. The zero-order chi connectivity index (χ0) is 9.52. The Morgan fingerprint density at radius 2 is 2.00 bits per heavy atom. The van der Waals surface area contributed by atoms with Crippen molar-refractivity contribution in [3.8, 4) is 0 Å². The van der Waals surface area contributed by atoms with Gasteiger partial charge < -0.3 is 4.74 Å². The molecule has 0 aromatic heterocycles. The number of ether oxygens (including phenoxy) is 1. The Kier molecular flexibility index (Phi) is 4.55. The fourth-order valence-corrected chi connectivity index (χ4v) is 1.22. The van der Waals surface area contributed by atoms with Gasteiger partial charge in [-0.05, 0) is 25.3 Å². The Morgan fingerprint density at radius 1 is 1.31 bits per heavy atom. The highest BCUT2D eigenvalue weighted by Crippen LogP contribution is 2.05. The molecule has 1 heteroatoms. The first kappa shape index (κ1) is 10.3. The van der Waals surface area contributed by atoms with Crippen molar-refractivity contribution in [3.05, 3.63) is 42.8 Å². The molecule has 1 unspecified atom stereocenters. The van der Waals surface area contributed by atoms with Gasteiger partial charge in [0, 0.05) is 6.61 Å². The van der Waals surface area contributed by atoms with Gasteiger partial charge in [0.1, 0.15) is 0 Å². The number of benzene rings is 1. The van der Waals surface area contributed by atoms with Crippen molar-refractivity contribution >= 4 is 0 Å². The molecular weight excluding hydrogens is 160 g/mol. The Bertz CT molecular complexity index is 218. The summed E-state index contributed by atoms with van der Waals surface area (Å²) >= 11 is 0. The first-order chi connectivity index (χ1) is 6.33. The van der Waals surface area contributed by atoms with Crippen molar-refractivity contribution in [3.63, 3.8) is 0 Å². The van der Waals surface area contributed by atoms with Crippen LogP contribution in [0.2, 0.25) is 0 Å². The van der Waals surface area contributed by atoms with Crippen molar-refractivity contribution in [2.45, 2.75) is 25.9 Å². The van der Waals surface area contributed by atoms with Gasteiger partial charge in [-0.1, -0.05) is 37.3 Å². The Hall–Kier alpha value is -0.820. The molecule has 1 atom stereocenters. The van der Waals surface area contributed by atoms with Gasteiger partial charge in [-0.2, -0.15) is 0 Å². The summed E-state index contributed by atoms with van der Waals surface area (Å²) in [6.07, 6.45) is 2.05. The molecule has 71 valence electrons. The molecule has 1 rings (SSSR count). The summed E-state index contributed by atoms with van der Waals surface area (Å²) in [5, 5.41) is 0. The second kappa shape index (κ2) is 5.76. The van der Waals surface area contributed by atoms with Crippen molar-refractivity contribution < 1.29 is 4.74 Å². The average molecular weight is 177 g/mol. The second-order valence-corrected chi connectivity index (χ2v) is 3.18. The minimum atomic E-state index is 0.0855. The highest BCUT2D eigenvalue weighted by Gasteiger charge is 2.01. The fourth-order valence-electron chi connectivity index (χ4n) is 1.22. The minimum Gasteiger partial charge on any atom is -0.378 e. The summed E-state index contributed by atoms with van der Waals surface area (Å²) in [5.41, 5.74) is 1.29. The van der Waals surface area contributed by atoms with Crippen LogP contribution in [0.1, 0.15) is 18.9 Å². The van der Waals surface area contributed by atoms with Crippen molar-refractivity contribution in [1.82, 2.24) is 0 Å². The Morgan fingerprint density at radius 3 is 2.62 bits per heavy atom. The number of rotatable bonds is 5. The van der Waals surface area contributed by atoms with Crippen LogP contribution in [0, 0.1) is 6.92 Å². The predicted octanol–water partition coefficient (Wildman–Crippen LogP) is 2.86. The van der Waals surface area contributed by atoms with Crippen molar-refractivity contribution in [2.75, 3.05) is 6.61 Å². The molecule has 0 aliphatic heterocycles. The summed E-state index contributed by atoms with van der Waals surface area (Å²) in [7, 11) is 0. The van der Waals surface area contributed by atoms with E-state index in [1.807, 2.05) is 18.2 Å². The highest BCUT2D eigenvalue weighted by molar-refractivity contribution is 5.15. The molecule has 0 fully saturated rings. The van der Waals surface area contributed by atoms with E-state index in [9.17, 15) is 0 Å². The van der Waals surface area contributed by atoms with Gasteiger partial charge >= 0.3 is 0 Å². The zero-order valence-corrected chi connectivity index (χ0v) is 8.20. The molecular formula is C12H17O. The molecule has 0 spiro atoms. The van der Waals surface area contributed by atoms with Crippen LogP contribution < -0.4 is 0 Å². The van der Waals surface area contributed by atoms with Gasteiger partial charge in [-0.15, -0.1) is 0 Å². The fraction of sp³-hybridized carbons (Fsp3) is 0.417. The standard InChI is InChI=1S/C12H17O/c1-3-9-13-11(2)10-12-7-5-4-6-8-12/h4-8,11H,2-3,9-10H2,1H3. The summed E-state index contributed by atoms with van der Waals surface area (Å²) in [4.78, 5) is 0. The number of hydrogen-bond acceptors (Lipinski definition) is 1. The third-order valence-corrected chi connectivity index (χ3v) is 1.86. The summed E-state index contributed by atoms with van der Waals surface area (Å²) in [6.45, 7) is 6.86. The monoisotopic (exact) mass is 177 g/mol. The largest absolute Gasteiger partial charge is 0.378 e. The molecule has 0 heterocycles. The lowest BCUT2D eigenvalue weighted by atomic mass is 10.1. The summed E-state index contributed by atoms with van der Waals surface area (Å²) in [5.74, 6) is 0. The topological polar surface area (TPSA) is 9.23 Å². The summed E-state index contributed by atoms with van der Waals surface area (Å²) < 4.78 is 5.48. The average Bonchev–Trinajstić information content (AvgIpc) is 2.16. The van der Waals surface area contributed by atoms with Crippen LogP contribution >= 0.6 is 0 Å². The minimum absolute atomic E-state index is 0.0855. The number of hydrogen-bond donors (Lipinski definition) is 0. The van der Waals surface area contributed by atoms with Crippen LogP contribution in [0.15, 0.2) is 30.3 Å². The van der Waals surface area contributed by atoms with Crippen LogP contribution in [0.5, 0.6) is 0 Å². The maximum absolute atomic E-state index is 5.48. The molecule has 0 saturated heterocycles. The molecule has 0 aliphatic carbocycles. The second-order valence-electron chi connectivity index (χ2n) is 3.18. The molecule has 0 aliphatic rings. The molecule has 13 heavy (non-hydrogen) atoms. The van der Waals surface area contributed by atoms with Crippen molar-refractivity contribution in [2.24, 2.45) is 0 Å². The van der Waals surface area contributed by atoms with Crippen LogP contribution in [0.4, 0.5) is 0 Å². The summed E-state index contributed by atoms with van der Waals surface area (Å²) in [6, 6.07) is 10.3. The van der Waals surface area contributed by atoms with Gasteiger partial charge in [0.25, 0.3) is 0 Å². The van der Waals surface area contributed by atoms with E-state index >= 15 is 0 Å². The lowest BCUT2D eigenvalue weighted by Crippen LogP contribution is -2.12. The first-order valence-corrected chi connectivity index (χ1v) is 4.81. The molecule has 0 amide bonds. The van der Waals surface area contributed by atoms with E-state index in [-0.39, 0.29) is 6.10 Å². The zero-order valence-electron chi connectivity index (χ0n) is 8.20. The van der Waals surface area contributed by atoms with Gasteiger partial charge in [0.05, 0.1) is 6.10 Å². The van der Waals surface area contributed by atoms with Crippen molar-refractivity contribution in [1.29, 1.82) is 0 Å².